The van der Waals surface area contributed by atoms with E-state index in [0.717, 1.165) is 0 Å². The number of alkyl halides is 12. The Hall–Kier alpha value is -1.71. The van der Waals surface area contributed by atoms with E-state index in [-0.39, 0.29) is 39.0 Å². The Morgan fingerprint density at radius 3 is 0.400 bits per heavy atom. The SMILES string of the molecule is [NH-]C(=O)C(F)(F)F.[NH-]C(=O)C(F)(F)F.[NH-]C(=O)C(F)(F)F.[NH-]C(=O)C(F)(F)F.[Rh+2].[Rh+2]. The maximum Gasteiger partial charge on any atom is 2.00 e. The smallest absolute Gasteiger partial charge is 0.660 e. The molecule has 0 aliphatic rings. The van der Waals surface area contributed by atoms with Crippen LogP contribution in [-0.2, 0) is 58.1 Å². The average molecular weight is 654 g/mol. The van der Waals surface area contributed by atoms with Gasteiger partial charge in [-0.2, -0.15) is 52.7 Å². The average Bonchev–Trinajstić information content (AvgIpc) is 2.35. The van der Waals surface area contributed by atoms with Gasteiger partial charge in [-0.1, -0.05) is 0 Å². The topological polar surface area (TPSA) is 163 Å². The molecule has 0 fully saturated rings. The number of hydrogen-bond donors (Lipinski definition) is 0. The van der Waals surface area contributed by atoms with E-state index in [1.807, 2.05) is 0 Å². The second kappa shape index (κ2) is 16.0. The summed E-state index contributed by atoms with van der Waals surface area (Å²) in [6.07, 6.45) is -19.9. The van der Waals surface area contributed by atoms with E-state index < -0.39 is 48.3 Å². The summed E-state index contributed by atoms with van der Waals surface area (Å²) in [6.45, 7) is 0. The van der Waals surface area contributed by atoms with E-state index in [1.165, 1.54) is 0 Å². The van der Waals surface area contributed by atoms with E-state index in [0.29, 0.717) is 0 Å². The maximum absolute atomic E-state index is 10.6. The summed E-state index contributed by atoms with van der Waals surface area (Å²) < 4.78 is 128. The van der Waals surface area contributed by atoms with Gasteiger partial charge in [0.15, 0.2) is 23.6 Å². The number of hydrogen-bond acceptors (Lipinski definition) is 4. The third kappa shape index (κ3) is 33.8. The van der Waals surface area contributed by atoms with E-state index in [2.05, 4.69) is 0 Å². The maximum atomic E-state index is 10.6. The Balaban J connectivity index is -0.0000000626. The van der Waals surface area contributed by atoms with Gasteiger partial charge in [-0.05, 0) is 0 Å². The van der Waals surface area contributed by atoms with E-state index in [4.69, 9.17) is 42.1 Å². The van der Waals surface area contributed by atoms with Crippen LogP contribution < -0.4 is 0 Å². The van der Waals surface area contributed by atoms with Crippen LogP contribution in [0.5, 0.6) is 0 Å². The molecule has 30 heavy (non-hydrogen) atoms. The molecular formula is C8H4F12N4O4Rh2. The molecule has 0 aromatic carbocycles. The number of carbonyl (C=O) groups excluding carboxylic acids is 4. The number of amides is 4. The van der Waals surface area contributed by atoms with Crippen molar-refractivity contribution in [2.45, 2.75) is 24.7 Å². The summed E-state index contributed by atoms with van der Waals surface area (Å²) >= 11 is 0. The first kappa shape index (κ1) is 42.4. The predicted octanol–water partition coefficient (Wildman–Crippen LogP) is 4.50. The number of carbonyl (C=O) groups is 4. The summed E-state index contributed by atoms with van der Waals surface area (Å²) in [4.78, 5) is 36.0. The van der Waals surface area contributed by atoms with Gasteiger partial charge in [-0.3, -0.25) is 0 Å². The Bertz CT molecular complexity index is 448. The van der Waals surface area contributed by atoms with E-state index in [9.17, 15) is 52.7 Å². The Morgan fingerprint density at radius 1 is 0.367 bits per heavy atom. The molecule has 0 atom stereocenters. The summed E-state index contributed by atoms with van der Waals surface area (Å²) in [5, 5.41) is 0. The van der Waals surface area contributed by atoms with Crippen LogP contribution >= 0.6 is 0 Å². The van der Waals surface area contributed by atoms with Crippen LogP contribution in [0.1, 0.15) is 0 Å². The molecule has 0 aromatic rings. The molecule has 0 rings (SSSR count). The third-order valence-electron chi connectivity index (χ3n) is 1.03. The van der Waals surface area contributed by atoms with Gasteiger partial charge in [-0.15, -0.1) is 0 Å². The quantitative estimate of drug-likeness (QED) is 0.278. The summed E-state index contributed by atoms with van der Waals surface area (Å²) in [5.74, 6) is -10.0. The Labute approximate surface area is 182 Å². The van der Waals surface area contributed by atoms with Crippen LogP contribution in [0.2, 0.25) is 0 Å². The van der Waals surface area contributed by atoms with Crippen molar-refractivity contribution in [2.75, 3.05) is 0 Å². The van der Waals surface area contributed by atoms with Crippen LogP contribution in [0.25, 0.3) is 22.9 Å². The van der Waals surface area contributed by atoms with Crippen molar-refractivity contribution in [3.63, 3.8) is 0 Å². The Morgan fingerprint density at radius 2 is 0.400 bits per heavy atom. The molecule has 0 aliphatic carbocycles. The first-order valence-corrected chi connectivity index (χ1v) is 5.08. The molecule has 0 aliphatic heterocycles. The van der Waals surface area contributed by atoms with Gasteiger partial charge >= 0.3 is 63.7 Å². The minimum absolute atomic E-state index is 0. The van der Waals surface area contributed by atoms with Crippen molar-refractivity contribution in [1.82, 2.24) is 0 Å². The minimum atomic E-state index is -4.97. The van der Waals surface area contributed by atoms with Crippen molar-refractivity contribution < 1.29 is 111 Å². The van der Waals surface area contributed by atoms with E-state index >= 15 is 0 Å². The van der Waals surface area contributed by atoms with Gasteiger partial charge in [0.1, 0.15) is 0 Å². The first-order chi connectivity index (χ1) is 11.8. The molecule has 8 nitrogen and oxygen atoms in total. The molecular weight excluding hydrogens is 650 g/mol. The second-order valence-corrected chi connectivity index (χ2v) is 3.31. The van der Waals surface area contributed by atoms with Crippen LogP contribution in [0.3, 0.4) is 0 Å². The molecule has 0 heterocycles. The fourth-order valence-corrected chi connectivity index (χ4v) is 0. The summed E-state index contributed by atoms with van der Waals surface area (Å²) in [5.41, 5.74) is 21.9. The van der Waals surface area contributed by atoms with Crippen LogP contribution in [-0.4, -0.2) is 48.3 Å². The second-order valence-electron chi connectivity index (χ2n) is 3.31. The largest absolute Gasteiger partial charge is 2.00 e. The van der Waals surface area contributed by atoms with Gasteiger partial charge < -0.3 is 42.1 Å². The minimum Gasteiger partial charge on any atom is -0.660 e. The molecule has 4 amide bonds. The molecule has 0 saturated carbocycles. The molecule has 0 aromatic heterocycles. The fraction of sp³-hybridized carbons (Fsp3) is 0.500. The van der Waals surface area contributed by atoms with Gasteiger partial charge in [0, 0.05) is 0 Å². The number of nitrogens with one attached hydrogen (secondary N) is 4. The number of rotatable bonds is 0. The van der Waals surface area contributed by atoms with Crippen molar-refractivity contribution in [1.29, 1.82) is 0 Å². The van der Waals surface area contributed by atoms with Gasteiger partial charge in [0.05, 0.1) is 0 Å². The van der Waals surface area contributed by atoms with Gasteiger partial charge in [0.2, 0.25) is 0 Å². The fourth-order valence-electron chi connectivity index (χ4n) is 0. The predicted molar refractivity (Wildman–Crippen MR) is 61.5 cm³/mol. The van der Waals surface area contributed by atoms with Crippen molar-refractivity contribution >= 4 is 23.6 Å². The van der Waals surface area contributed by atoms with Crippen LogP contribution in [0.4, 0.5) is 52.7 Å². The van der Waals surface area contributed by atoms with Crippen LogP contribution in [0.15, 0.2) is 0 Å². The van der Waals surface area contributed by atoms with Gasteiger partial charge in [-0.25, -0.2) is 0 Å². The van der Waals surface area contributed by atoms with Crippen molar-refractivity contribution in [3.05, 3.63) is 22.9 Å². The molecule has 22 heteroatoms. The monoisotopic (exact) mass is 654 g/mol. The normalized spacial score (nSPS) is 10.5. The first-order valence-electron chi connectivity index (χ1n) is 5.08. The van der Waals surface area contributed by atoms with Crippen LogP contribution in [0, 0.1) is 0 Å². The molecule has 2 radical (unpaired) electrons. The molecule has 0 spiro atoms. The summed E-state index contributed by atoms with van der Waals surface area (Å²) in [6, 6.07) is 0. The standard InChI is InChI=1S/4C2H2F3NO.2Rh/c4*3-2(4,5)1(6)7;;/h4*(H2,6,7);;/q;;;;2*+2/p-4. The molecule has 4 N–H and O–H groups in total. The third-order valence-corrected chi connectivity index (χ3v) is 1.03. The zero-order valence-corrected chi connectivity index (χ0v) is 16.1. The molecule has 0 unspecified atom stereocenters. The van der Waals surface area contributed by atoms with Crippen molar-refractivity contribution in [2.24, 2.45) is 0 Å². The molecule has 0 saturated heterocycles. The van der Waals surface area contributed by atoms with Gasteiger partial charge in [0.25, 0.3) is 0 Å². The summed E-state index contributed by atoms with van der Waals surface area (Å²) in [7, 11) is 0. The Kier molecular flexibility index (Phi) is 22.7. The zero-order chi connectivity index (χ0) is 24.3. The van der Waals surface area contributed by atoms with E-state index in [1.54, 1.807) is 0 Å². The number of halogens is 12. The molecule has 0 bridgehead atoms. The molecule has 182 valence electrons. The zero-order valence-electron chi connectivity index (χ0n) is 12.8. The van der Waals surface area contributed by atoms with Crippen molar-refractivity contribution in [3.8, 4) is 0 Å².